The molecule has 0 radical (unpaired) electrons. The van der Waals surface area contributed by atoms with Gasteiger partial charge in [-0.1, -0.05) is 36.9 Å². The number of para-hydroxylation sites is 1. The maximum absolute atomic E-state index is 5.71. The Bertz CT molecular complexity index is 848. The second-order valence-electron chi connectivity index (χ2n) is 5.33. The van der Waals surface area contributed by atoms with Crippen LogP contribution in [0.5, 0.6) is 5.75 Å². The summed E-state index contributed by atoms with van der Waals surface area (Å²) in [5.74, 6) is 1.31. The maximum atomic E-state index is 5.71. The molecule has 1 heterocycles. The number of anilines is 2. The third kappa shape index (κ3) is 3.70. The molecular formula is C19H20N4O. The van der Waals surface area contributed by atoms with Crippen molar-refractivity contribution in [2.75, 3.05) is 18.5 Å². The molecule has 0 unspecified atom stereocenters. The van der Waals surface area contributed by atoms with Crippen molar-refractivity contribution in [3.63, 3.8) is 0 Å². The zero-order valence-corrected chi connectivity index (χ0v) is 13.4. The molecule has 0 bridgehead atoms. The summed E-state index contributed by atoms with van der Waals surface area (Å²) in [5, 5.41) is 4.29. The Morgan fingerprint density at radius 3 is 2.92 bits per heavy atom. The van der Waals surface area contributed by atoms with Crippen molar-refractivity contribution >= 4 is 22.5 Å². The number of fused-ring (bicyclic) bond motifs is 1. The first-order valence-electron chi connectivity index (χ1n) is 7.85. The van der Waals surface area contributed by atoms with Crippen LogP contribution in [0.25, 0.3) is 10.9 Å². The molecule has 0 aliphatic rings. The van der Waals surface area contributed by atoms with Gasteiger partial charge in [0.25, 0.3) is 0 Å². The van der Waals surface area contributed by atoms with Crippen molar-refractivity contribution < 1.29 is 4.74 Å². The number of rotatable bonds is 7. The highest BCUT2D eigenvalue weighted by Gasteiger charge is 2.07. The van der Waals surface area contributed by atoms with Gasteiger partial charge in [0, 0.05) is 23.3 Å². The topological polar surface area (TPSA) is 73.1 Å². The zero-order valence-electron chi connectivity index (χ0n) is 13.4. The average molecular weight is 320 g/mol. The van der Waals surface area contributed by atoms with E-state index in [4.69, 9.17) is 10.5 Å². The van der Waals surface area contributed by atoms with Gasteiger partial charge in [0.2, 0.25) is 5.95 Å². The largest absolute Gasteiger partial charge is 0.489 e. The molecule has 3 N–H and O–H groups in total. The monoisotopic (exact) mass is 320 g/mol. The van der Waals surface area contributed by atoms with Crippen LogP contribution in [-0.4, -0.2) is 23.1 Å². The zero-order chi connectivity index (χ0) is 16.8. The van der Waals surface area contributed by atoms with Crippen LogP contribution >= 0.6 is 0 Å². The lowest BCUT2D eigenvalue weighted by molar-refractivity contribution is 0.363. The summed E-state index contributed by atoms with van der Waals surface area (Å²) in [4.78, 5) is 8.94. The number of nitrogens with zero attached hydrogens (tertiary/aromatic N) is 2. The molecule has 5 nitrogen and oxygen atoms in total. The van der Waals surface area contributed by atoms with E-state index in [0.717, 1.165) is 34.3 Å². The second-order valence-corrected chi connectivity index (χ2v) is 5.33. The smallest absolute Gasteiger partial charge is 0.227 e. The molecular weight excluding hydrogens is 300 g/mol. The molecule has 122 valence electrons. The first-order chi connectivity index (χ1) is 11.8. The van der Waals surface area contributed by atoms with E-state index in [0.29, 0.717) is 19.1 Å². The van der Waals surface area contributed by atoms with Gasteiger partial charge in [-0.3, -0.25) is 0 Å². The van der Waals surface area contributed by atoms with E-state index >= 15 is 0 Å². The van der Waals surface area contributed by atoms with Crippen LogP contribution in [0.1, 0.15) is 5.56 Å². The summed E-state index contributed by atoms with van der Waals surface area (Å²) in [7, 11) is 0. The molecule has 2 aromatic carbocycles. The highest BCUT2D eigenvalue weighted by atomic mass is 16.5. The maximum Gasteiger partial charge on any atom is 0.227 e. The molecule has 0 atom stereocenters. The van der Waals surface area contributed by atoms with Crippen molar-refractivity contribution in [1.82, 2.24) is 9.97 Å². The third-order valence-electron chi connectivity index (χ3n) is 3.60. The Balaban J connectivity index is 1.91. The lowest BCUT2D eigenvalue weighted by atomic mass is 10.1. The Hall–Kier alpha value is -2.92. The fourth-order valence-electron chi connectivity index (χ4n) is 2.44. The molecule has 3 aromatic rings. The van der Waals surface area contributed by atoms with E-state index in [1.165, 1.54) is 0 Å². The molecule has 0 aliphatic carbocycles. The minimum atomic E-state index is 0.460. The molecule has 5 heteroatoms. The van der Waals surface area contributed by atoms with Gasteiger partial charge in [-0.2, -0.15) is 0 Å². The molecule has 1 aromatic heterocycles. The van der Waals surface area contributed by atoms with Crippen molar-refractivity contribution in [1.29, 1.82) is 0 Å². The predicted octanol–water partition coefficient (Wildman–Crippen LogP) is 3.44. The van der Waals surface area contributed by atoms with E-state index in [-0.39, 0.29) is 0 Å². The molecule has 0 saturated carbocycles. The molecule has 3 rings (SSSR count). The van der Waals surface area contributed by atoms with Gasteiger partial charge in [0.05, 0.1) is 5.52 Å². The van der Waals surface area contributed by atoms with Crippen LogP contribution in [0.3, 0.4) is 0 Å². The quantitative estimate of drug-likeness (QED) is 0.652. The molecule has 0 fully saturated rings. The second kappa shape index (κ2) is 7.57. The standard InChI is InChI=1S/C19H20N4O/c1-2-11-24-16-8-7-14(9-10-20)18(12-16)23-19-21-13-15-5-3-4-6-17(15)22-19/h2-8,12-13H,1,9-11,20H2,(H,21,22,23). The van der Waals surface area contributed by atoms with E-state index in [1.54, 1.807) is 6.08 Å². The van der Waals surface area contributed by atoms with Gasteiger partial charge < -0.3 is 15.8 Å². The molecule has 24 heavy (non-hydrogen) atoms. The summed E-state index contributed by atoms with van der Waals surface area (Å²) in [6.07, 6.45) is 4.29. The van der Waals surface area contributed by atoms with Crippen molar-refractivity contribution in [2.45, 2.75) is 6.42 Å². The number of hydrogen-bond donors (Lipinski definition) is 2. The number of hydrogen-bond acceptors (Lipinski definition) is 5. The van der Waals surface area contributed by atoms with Crippen LogP contribution in [0.4, 0.5) is 11.6 Å². The number of aromatic nitrogens is 2. The average Bonchev–Trinajstić information content (AvgIpc) is 2.62. The van der Waals surface area contributed by atoms with Crippen molar-refractivity contribution in [2.24, 2.45) is 5.73 Å². The Labute approximate surface area is 141 Å². The van der Waals surface area contributed by atoms with Gasteiger partial charge in [0.15, 0.2) is 0 Å². The van der Waals surface area contributed by atoms with Crippen LogP contribution in [0, 0.1) is 0 Å². The van der Waals surface area contributed by atoms with Crippen LogP contribution in [0.2, 0.25) is 0 Å². The Morgan fingerprint density at radius 2 is 2.08 bits per heavy atom. The van der Waals surface area contributed by atoms with Crippen molar-refractivity contribution in [3.05, 3.63) is 66.9 Å². The van der Waals surface area contributed by atoms with Gasteiger partial charge in [-0.05, 0) is 30.7 Å². The predicted molar refractivity (Wildman–Crippen MR) is 97.7 cm³/mol. The summed E-state index contributed by atoms with van der Waals surface area (Å²) in [6, 6.07) is 13.8. The number of ether oxygens (including phenoxy) is 1. The lowest BCUT2D eigenvalue weighted by Crippen LogP contribution is -2.07. The summed E-state index contributed by atoms with van der Waals surface area (Å²) < 4.78 is 5.61. The fraction of sp³-hybridized carbons (Fsp3) is 0.158. The molecule has 0 amide bonds. The number of benzene rings is 2. The highest BCUT2D eigenvalue weighted by Crippen LogP contribution is 2.26. The van der Waals surface area contributed by atoms with E-state index < -0.39 is 0 Å². The van der Waals surface area contributed by atoms with Crippen LogP contribution < -0.4 is 15.8 Å². The SMILES string of the molecule is C=CCOc1ccc(CCN)c(Nc2ncc3ccccc3n2)c1. The third-order valence-corrected chi connectivity index (χ3v) is 3.60. The van der Waals surface area contributed by atoms with Crippen molar-refractivity contribution in [3.8, 4) is 5.75 Å². The number of nitrogens with two attached hydrogens (primary N) is 1. The summed E-state index contributed by atoms with van der Waals surface area (Å²) in [5.41, 5.74) is 8.61. The van der Waals surface area contributed by atoms with Gasteiger partial charge in [0.1, 0.15) is 12.4 Å². The minimum absolute atomic E-state index is 0.460. The summed E-state index contributed by atoms with van der Waals surface area (Å²) >= 11 is 0. The Morgan fingerprint density at radius 1 is 1.21 bits per heavy atom. The van der Waals surface area contributed by atoms with Gasteiger partial charge >= 0.3 is 0 Å². The minimum Gasteiger partial charge on any atom is -0.489 e. The first-order valence-corrected chi connectivity index (χ1v) is 7.85. The van der Waals surface area contributed by atoms with Crippen LogP contribution in [0.15, 0.2) is 61.3 Å². The first kappa shape index (κ1) is 16.0. The van der Waals surface area contributed by atoms with Gasteiger partial charge in [-0.25, -0.2) is 9.97 Å². The molecule has 0 aliphatic heterocycles. The van der Waals surface area contributed by atoms with Gasteiger partial charge in [-0.15, -0.1) is 0 Å². The normalized spacial score (nSPS) is 10.5. The van der Waals surface area contributed by atoms with E-state index in [2.05, 4.69) is 21.9 Å². The highest BCUT2D eigenvalue weighted by molar-refractivity contribution is 5.79. The fourth-order valence-corrected chi connectivity index (χ4v) is 2.44. The molecule has 0 spiro atoms. The van der Waals surface area contributed by atoms with Crippen LogP contribution in [-0.2, 0) is 6.42 Å². The number of nitrogens with one attached hydrogen (secondary N) is 1. The Kier molecular flexibility index (Phi) is 5.03. The summed E-state index contributed by atoms with van der Waals surface area (Å²) in [6.45, 7) is 4.69. The lowest BCUT2D eigenvalue weighted by Gasteiger charge is -2.13. The van der Waals surface area contributed by atoms with E-state index in [1.807, 2.05) is 48.7 Å². The van der Waals surface area contributed by atoms with E-state index in [9.17, 15) is 0 Å². The molecule has 0 saturated heterocycles.